The van der Waals surface area contributed by atoms with Crippen LogP contribution in [0.2, 0.25) is 0 Å². The molecule has 0 aliphatic rings. The summed E-state index contributed by atoms with van der Waals surface area (Å²) in [5.41, 5.74) is 7.06. The summed E-state index contributed by atoms with van der Waals surface area (Å²) in [5.74, 6) is 1.33. The first-order chi connectivity index (χ1) is 9.43. The Bertz CT molecular complexity index is 473. The van der Waals surface area contributed by atoms with E-state index < -0.39 is 0 Å². The molecule has 0 radical (unpaired) electrons. The van der Waals surface area contributed by atoms with Gasteiger partial charge in [0.1, 0.15) is 5.75 Å². The van der Waals surface area contributed by atoms with E-state index in [-0.39, 0.29) is 18.4 Å². The molecule has 0 spiro atoms. The third-order valence-corrected chi connectivity index (χ3v) is 2.93. The number of hydrogen-bond acceptors (Lipinski definition) is 2. The van der Waals surface area contributed by atoms with Gasteiger partial charge in [0.15, 0.2) is 5.96 Å². The second-order valence-corrected chi connectivity index (χ2v) is 4.71. The van der Waals surface area contributed by atoms with Crippen LogP contribution in [0.15, 0.2) is 29.3 Å². The summed E-state index contributed by atoms with van der Waals surface area (Å²) in [6.07, 6.45) is 0.853. The lowest BCUT2D eigenvalue weighted by Crippen LogP contribution is -2.37. The van der Waals surface area contributed by atoms with Gasteiger partial charge in [-0.05, 0) is 24.1 Å². The van der Waals surface area contributed by atoms with Gasteiger partial charge in [0.25, 0.3) is 0 Å². The molecule has 0 aliphatic heterocycles. The van der Waals surface area contributed by atoms with Crippen molar-refractivity contribution in [3.8, 4) is 5.75 Å². The smallest absolute Gasteiger partial charge is 0.220 e. The van der Waals surface area contributed by atoms with Gasteiger partial charge in [-0.25, -0.2) is 0 Å². The first-order valence-corrected chi connectivity index (χ1v) is 6.38. The lowest BCUT2D eigenvalue weighted by Gasteiger charge is -2.19. The second-order valence-electron chi connectivity index (χ2n) is 4.71. The van der Waals surface area contributed by atoms with Gasteiger partial charge >= 0.3 is 0 Å². The van der Waals surface area contributed by atoms with E-state index in [9.17, 15) is 0 Å². The van der Waals surface area contributed by atoms with Gasteiger partial charge in [0.05, 0.1) is 7.11 Å². The predicted octanol–water partition coefficient (Wildman–Crippen LogP) is 1.40. The molecule has 1 rings (SSSR count). The number of likely N-dealkylation sites (N-methyl/N-ethyl adjacent to an activating group) is 1. The monoisotopic (exact) mass is 313 g/mol. The highest BCUT2D eigenvalue weighted by Gasteiger charge is 2.05. The van der Waals surface area contributed by atoms with Crippen molar-refractivity contribution < 1.29 is 4.74 Å². The Kier molecular flexibility index (Phi) is 8.23. The molecule has 0 atom stereocenters. The van der Waals surface area contributed by atoms with E-state index in [1.54, 1.807) is 26.1 Å². The van der Waals surface area contributed by atoms with Gasteiger partial charge in [-0.3, -0.25) is 5.41 Å². The van der Waals surface area contributed by atoms with E-state index in [2.05, 4.69) is 4.99 Å². The number of nitrogens with one attached hydrogen (secondary N) is 1. The highest BCUT2D eigenvalue weighted by Crippen LogP contribution is 2.11. The lowest BCUT2D eigenvalue weighted by atomic mass is 10.1. The molecule has 7 heteroatoms. The normalized spacial score (nSPS) is 10.6. The fraction of sp³-hybridized carbons (Fsp3) is 0.429. The van der Waals surface area contributed by atoms with Crippen LogP contribution >= 0.6 is 12.4 Å². The Morgan fingerprint density at radius 1 is 1.24 bits per heavy atom. The van der Waals surface area contributed by atoms with Crippen LogP contribution in [0.5, 0.6) is 5.75 Å². The van der Waals surface area contributed by atoms with E-state index in [1.807, 2.05) is 36.2 Å². The van der Waals surface area contributed by atoms with E-state index in [0.717, 1.165) is 18.7 Å². The summed E-state index contributed by atoms with van der Waals surface area (Å²) in [7, 11) is 7.04. The highest BCUT2D eigenvalue weighted by molar-refractivity contribution is 5.92. The van der Waals surface area contributed by atoms with E-state index >= 15 is 0 Å². The maximum atomic E-state index is 7.63. The number of nitrogens with zero attached hydrogens (tertiary/aromatic N) is 3. The molecule has 0 saturated heterocycles. The summed E-state index contributed by atoms with van der Waals surface area (Å²) in [4.78, 5) is 7.46. The maximum absolute atomic E-state index is 7.63. The van der Waals surface area contributed by atoms with Crippen molar-refractivity contribution in [3.63, 3.8) is 0 Å². The Morgan fingerprint density at radius 3 is 2.29 bits per heavy atom. The summed E-state index contributed by atoms with van der Waals surface area (Å²) < 4.78 is 5.12. The van der Waals surface area contributed by atoms with Gasteiger partial charge in [0, 0.05) is 27.7 Å². The third-order valence-electron chi connectivity index (χ3n) is 2.93. The topological polar surface area (TPSA) is 77.9 Å². The van der Waals surface area contributed by atoms with Crippen LogP contribution in [0.3, 0.4) is 0 Å². The summed E-state index contributed by atoms with van der Waals surface area (Å²) in [5, 5.41) is 7.63. The minimum Gasteiger partial charge on any atom is -0.497 e. The van der Waals surface area contributed by atoms with Crippen LogP contribution in [0.4, 0.5) is 0 Å². The molecule has 1 aromatic rings. The number of hydrogen-bond donors (Lipinski definition) is 2. The number of ether oxygens (including phenoxy) is 1. The predicted molar refractivity (Wildman–Crippen MR) is 89.6 cm³/mol. The van der Waals surface area contributed by atoms with Crippen molar-refractivity contribution in [3.05, 3.63) is 29.8 Å². The molecule has 0 aromatic heterocycles. The highest BCUT2D eigenvalue weighted by atomic mass is 35.5. The average molecular weight is 314 g/mol. The first kappa shape index (κ1) is 19.1. The summed E-state index contributed by atoms with van der Waals surface area (Å²) in [6.45, 7) is 0.738. The maximum Gasteiger partial charge on any atom is 0.220 e. The molecular weight excluding hydrogens is 290 g/mol. The van der Waals surface area contributed by atoms with Crippen molar-refractivity contribution in [2.24, 2.45) is 10.7 Å². The molecule has 0 heterocycles. The van der Waals surface area contributed by atoms with Crippen molar-refractivity contribution in [1.82, 2.24) is 9.80 Å². The Labute approximate surface area is 132 Å². The fourth-order valence-corrected chi connectivity index (χ4v) is 1.50. The molecule has 6 nitrogen and oxygen atoms in total. The molecule has 0 saturated carbocycles. The zero-order valence-electron chi connectivity index (χ0n) is 13.0. The van der Waals surface area contributed by atoms with Crippen LogP contribution < -0.4 is 10.5 Å². The quantitative estimate of drug-likeness (QED) is 0.650. The van der Waals surface area contributed by atoms with Crippen LogP contribution in [0, 0.1) is 5.41 Å². The number of guanidine groups is 2. The van der Waals surface area contributed by atoms with Crippen LogP contribution in [0.1, 0.15) is 5.56 Å². The largest absolute Gasteiger partial charge is 0.497 e. The van der Waals surface area contributed by atoms with Crippen LogP contribution in [-0.4, -0.2) is 56.5 Å². The molecule has 0 aliphatic carbocycles. The van der Waals surface area contributed by atoms with E-state index in [1.165, 1.54) is 5.56 Å². The standard InChI is InChI=1S/C14H23N5O.ClH/c1-18(2)13(15)17-14(16)19(3)10-9-11-5-7-12(20-4)8-6-11;/h5-8H,9-10H2,1-4H3,(H3,15,16,17);1H. The molecule has 0 unspecified atom stereocenters. The Hall–Kier alpha value is -1.95. The van der Waals surface area contributed by atoms with Crippen molar-refractivity contribution in [1.29, 1.82) is 5.41 Å². The lowest BCUT2D eigenvalue weighted by molar-refractivity contribution is 0.414. The van der Waals surface area contributed by atoms with Crippen molar-refractivity contribution in [2.45, 2.75) is 6.42 Å². The number of benzene rings is 1. The first-order valence-electron chi connectivity index (χ1n) is 6.38. The summed E-state index contributed by atoms with van der Waals surface area (Å²) in [6, 6.07) is 7.94. The second kappa shape index (κ2) is 9.07. The number of methoxy groups -OCH3 is 1. The SMILES string of the molecule is COc1ccc(CCN(C)C(N)=NC(=N)N(C)C)cc1.Cl. The van der Waals surface area contributed by atoms with Crippen molar-refractivity contribution in [2.75, 3.05) is 34.8 Å². The molecule has 0 fully saturated rings. The third kappa shape index (κ3) is 6.35. The fourth-order valence-electron chi connectivity index (χ4n) is 1.50. The van der Waals surface area contributed by atoms with Gasteiger partial charge in [-0.2, -0.15) is 4.99 Å². The van der Waals surface area contributed by atoms with Gasteiger partial charge < -0.3 is 20.3 Å². The molecular formula is C14H24ClN5O. The molecule has 0 amide bonds. The van der Waals surface area contributed by atoms with Crippen molar-refractivity contribution >= 4 is 24.3 Å². The summed E-state index contributed by atoms with van der Waals surface area (Å²) >= 11 is 0. The molecule has 21 heavy (non-hydrogen) atoms. The molecule has 0 bridgehead atoms. The molecule has 118 valence electrons. The average Bonchev–Trinajstić information content (AvgIpc) is 2.44. The number of nitrogens with two attached hydrogens (primary N) is 1. The molecule has 3 N–H and O–H groups in total. The van der Waals surface area contributed by atoms with Gasteiger partial charge in [0.2, 0.25) is 5.96 Å². The number of rotatable bonds is 4. The van der Waals surface area contributed by atoms with E-state index in [0.29, 0.717) is 5.96 Å². The van der Waals surface area contributed by atoms with Gasteiger partial charge in [-0.1, -0.05) is 12.1 Å². The minimum absolute atomic E-state index is 0. The molecule has 1 aromatic carbocycles. The Morgan fingerprint density at radius 2 is 1.81 bits per heavy atom. The number of halogens is 1. The zero-order valence-corrected chi connectivity index (χ0v) is 13.8. The van der Waals surface area contributed by atoms with Crippen LogP contribution in [0.25, 0.3) is 0 Å². The number of aliphatic imine (C=N–C) groups is 1. The minimum atomic E-state index is 0. The Balaban J connectivity index is 0.00000400. The van der Waals surface area contributed by atoms with Crippen LogP contribution in [-0.2, 0) is 6.42 Å². The van der Waals surface area contributed by atoms with Gasteiger partial charge in [-0.15, -0.1) is 12.4 Å². The van der Waals surface area contributed by atoms with E-state index in [4.69, 9.17) is 15.9 Å². The zero-order chi connectivity index (χ0) is 15.1.